The Labute approximate surface area is 151 Å². The number of hydrogen-bond donors (Lipinski definition) is 2. The lowest BCUT2D eigenvalue weighted by Crippen LogP contribution is -2.42. The van der Waals surface area contributed by atoms with Crippen LogP contribution < -0.4 is 10.6 Å². The minimum Gasteiger partial charge on any atom is -0.325 e. The third-order valence-electron chi connectivity index (χ3n) is 3.80. The van der Waals surface area contributed by atoms with E-state index >= 15 is 0 Å². The summed E-state index contributed by atoms with van der Waals surface area (Å²) < 4.78 is 65.6. The molecule has 0 heterocycles. The summed E-state index contributed by atoms with van der Waals surface area (Å²) in [5.41, 5.74) is -3.79. The van der Waals surface area contributed by atoms with Gasteiger partial charge in [-0.1, -0.05) is 12.1 Å². The summed E-state index contributed by atoms with van der Waals surface area (Å²) in [7, 11) is 0. The molecule has 0 bridgehead atoms. The predicted molar refractivity (Wildman–Crippen MR) is 88.8 cm³/mol. The Balaban J connectivity index is 2.21. The van der Waals surface area contributed by atoms with Gasteiger partial charge in [-0.2, -0.15) is 13.2 Å². The number of para-hydroxylation sites is 1. The molecule has 144 valence electrons. The summed E-state index contributed by atoms with van der Waals surface area (Å²) in [6.45, 7) is 2.32. The van der Waals surface area contributed by atoms with Crippen molar-refractivity contribution < 1.29 is 31.5 Å². The topological polar surface area (TPSA) is 58.2 Å². The van der Waals surface area contributed by atoms with E-state index in [1.807, 2.05) is 0 Å². The van der Waals surface area contributed by atoms with E-state index in [0.29, 0.717) is 6.07 Å². The molecule has 0 unspecified atom stereocenters. The first kappa shape index (κ1) is 20.3. The van der Waals surface area contributed by atoms with Gasteiger partial charge in [0.25, 0.3) is 0 Å². The molecule has 0 spiro atoms. The summed E-state index contributed by atoms with van der Waals surface area (Å²) in [5, 5.41) is 4.20. The number of anilines is 2. The highest BCUT2D eigenvalue weighted by atomic mass is 19.4. The quantitative estimate of drug-likeness (QED) is 0.597. The van der Waals surface area contributed by atoms with Gasteiger partial charge in [0.15, 0.2) is 0 Å². The van der Waals surface area contributed by atoms with Gasteiger partial charge in [-0.05, 0) is 38.1 Å². The average molecular weight is 386 g/mol. The van der Waals surface area contributed by atoms with Crippen molar-refractivity contribution in [3.63, 3.8) is 0 Å². The van der Waals surface area contributed by atoms with Gasteiger partial charge < -0.3 is 10.6 Å². The maximum Gasteiger partial charge on any atom is 0.418 e. The number of nitrogens with one attached hydrogen (secondary N) is 2. The van der Waals surface area contributed by atoms with Crippen molar-refractivity contribution in [3.05, 3.63) is 59.7 Å². The van der Waals surface area contributed by atoms with E-state index in [4.69, 9.17) is 0 Å². The lowest BCUT2D eigenvalue weighted by atomic mass is 9.90. The largest absolute Gasteiger partial charge is 0.418 e. The first-order valence-electron chi connectivity index (χ1n) is 7.67. The molecule has 0 radical (unpaired) electrons. The molecule has 2 N–H and O–H groups in total. The average Bonchev–Trinajstić information content (AvgIpc) is 2.56. The molecule has 0 aliphatic heterocycles. The van der Waals surface area contributed by atoms with Gasteiger partial charge in [-0.3, -0.25) is 9.59 Å². The molecule has 27 heavy (non-hydrogen) atoms. The number of benzene rings is 2. The zero-order valence-electron chi connectivity index (χ0n) is 14.2. The number of carbonyl (C=O) groups excluding carboxylic acids is 2. The van der Waals surface area contributed by atoms with E-state index in [1.54, 1.807) is 0 Å². The molecule has 0 saturated carbocycles. The lowest BCUT2D eigenvalue weighted by Gasteiger charge is -2.24. The van der Waals surface area contributed by atoms with E-state index < -0.39 is 46.3 Å². The first-order valence-corrected chi connectivity index (χ1v) is 7.67. The Bertz CT molecular complexity index is 878. The van der Waals surface area contributed by atoms with E-state index in [-0.39, 0.29) is 5.69 Å². The monoisotopic (exact) mass is 386 g/mol. The number of halogens is 5. The number of amides is 2. The van der Waals surface area contributed by atoms with Gasteiger partial charge >= 0.3 is 6.18 Å². The van der Waals surface area contributed by atoms with Crippen LogP contribution in [0.15, 0.2) is 42.5 Å². The molecular formula is C18H15F5N2O2. The molecule has 0 aliphatic carbocycles. The molecular weight excluding hydrogens is 371 g/mol. The van der Waals surface area contributed by atoms with Gasteiger partial charge in [0.1, 0.15) is 17.0 Å². The van der Waals surface area contributed by atoms with Gasteiger partial charge in [-0.25, -0.2) is 8.78 Å². The van der Waals surface area contributed by atoms with E-state index in [0.717, 1.165) is 44.2 Å². The standard InChI is InChI=1S/C18H15F5N2O2/c1-17(2,16(27)25-14-8-7-10(19)9-12(14)20)15(26)24-13-6-4-3-5-11(13)18(21,22)23/h3-9H,1-2H3,(H,24,26)(H,25,27). The van der Waals surface area contributed by atoms with Gasteiger partial charge in [0.2, 0.25) is 11.8 Å². The Kier molecular flexibility index (Phi) is 5.53. The fraction of sp³-hybridized carbons (Fsp3) is 0.222. The van der Waals surface area contributed by atoms with Crippen LogP contribution in [0.2, 0.25) is 0 Å². The second-order valence-corrected chi connectivity index (χ2v) is 6.20. The van der Waals surface area contributed by atoms with E-state index in [1.165, 1.54) is 6.07 Å². The van der Waals surface area contributed by atoms with Crippen LogP contribution in [-0.4, -0.2) is 11.8 Å². The molecule has 2 amide bonds. The smallest absolute Gasteiger partial charge is 0.325 e. The summed E-state index contributed by atoms with van der Waals surface area (Å²) in [6, 6.07) is 6.72. The van der Waals surface area contributed by atoms with Crippen LogP contribution in [0.1, 0.15) is 19.4 Å². The number of alkyl halides is 3. The second-order valence-electron chi connectivity index (χ2n) is 6.20. The molecule has 9 heteroatoms. The van der Waals surface area contributed by atoms with Crippen molar-refractivity contribution in [2.24, 2.45) is 5.41 Å². The summed E-state index contributed by atoms with van der Waals surface area (Å²) in [5.74, 6) is -3.91. The van der Waals surface area contributed by atoms with Gasteiger partial charge in [-0.15, -0.1) is 0 Å². The minimum atomic E-state index is -4.70. The molecule has 0 atom stereocenters. The molecule has 2 aromatic rings. The maximum atomic E-state index is 13.7. The molecule has 0 aliphatic rings. The Morgan fingerprint density at radius 2 is 1.41 bits per heavy atom. The van der Waals surface area contributed by atoms with Crippen molar-refractivity contribution in [2.75, 3.05) is 10.6 Å². The number of carbonyl (C=O) groups is 2. The van der Waals surface area contributed by atoms with Crippen LogP contribution in [0.4, 0.5) is 33.3 Å². The highest BCUT2D eigenvalue weighted by Gasteiger charge is 2.39. The zero-order valence-corrected chi connectivity index (χ0v) is 14.2. The maximum absolute atomic E-state index is 13.7. The highest BCUT2D eigenvalue weighted by molar-refractivity contribution is 6.14. The van der Waals surface area contributed by atoms with Crippen molar-refractivity contribution in [2.45, 2.75) is 20.0 Å². The van der Waals surface area contributed by atoms with Gasteiger partial charge in [0, 0.05) is 6.07 Å². The summed E-state index contributed by atoms with van der Waals surface area (Å²) in [4.78, 5) is 24.7. The normalized spacial score (nSPS) is 11.8. The van der Waals surface area contributed by atoms with Crippen LogP contribution in [0.25, 0.3) is 0 Å². The zero-order chi connectivity index (χ0) is 20.4. The van der Waals surface area contributed by atoms with Crippen LogP contribution in [0, 0.1) is 17.0 Å². The SMILES string of the molecule is CC(C)(C(=O)Nc1ccc(F)cc1F)C(=O)Nc1ccccc1C(F)(F)F. The molecule has 2 rings (SSSR count). The van der Waals surface area contributed by atoms with E-state index in [9.17, 15) is 31.5 Å². The van der Waals surface area contributed by atoms with Gasteiger partial charge in [0.05, 0.1) is 16.9 Å². The minimum absolute atomic E-state index is 0.363. The Morgan fingerprint density at radius 3 is 1.96 bits per heavy atom. The molecule has 0 saturated heterocycles. The van der Waals surface area contributed by atoms with Crippen molar-refractivity contribution in [1.82, 2.24) is 0 Å². The third-order valence-corrected chi connectivity index (χ3v) is 3.80. The fourth-order valence-corrected chi connectivity index (χ4v) is 2.09. The third kappa shape index (κ3) is 4.60. The molecule has 2 aromatic carbocycles. The van der Waals surface area contributed by atoms with Crippen LogP contribution in [0.3, 0.4) is 0 Å². The Morgan fingerprint density at radius 1 is 0.852 bits per heavy atom. The fourth-order valence-electron chi connectivity index (χ4n) is 2.09. The van der Waals surface area contributed by atoms with Crippen molar-refractivity contribution in [1.29, 1.82) is 0 Å². The van der Waals surface area contributed by atoms with Crippen molar-refractivity contribution in [3.8, 4) is 0 Å². The predicted octanol–water partition coefficient (Wildman–Crippen LogP) is 4.59. The van der Waals surface area contributed by atoms with E-state index in [2.05, 4.69) is 10.6 Å². The van der Waals surface area contributed by atoms with Crippen LogP contribution in [0.5, 0.6) is 0 Å². The van der Waals surface area contributed by atoms with Crippen LogP contribution >= 0.6 is 0 Å². The molecule has 4 nitrogen and oxygen atoms in total. The number of rotatable bonds is 4. The lowest BCUT2D eigenvalue weighted by molar-refractivity contribution is -0.137. The van der Waals surface area contributed by atoms with Crippen molar-refractivity contribution >= 4 is 23.2 Å². The molecule has 0 fully saturated rings. The summed E-state index contributed by atoms with van der Waals surface area (Å²) >= 11 is 0. The second kappa shape index (κ2) is 7.34. The highest BCUT2D eigenvalue weighted by Crippen LogP contribution is 2.35. The van der Waals surface area contributed by atoms with Crippen LogP contribution in [-0.2, 0) is 15.8 Å². The first-order chi connectivity index (χ1) is 12.4. The Hall–Kier alpha value is -2.97. The summed E-state index contributed by atoms with van der Waals surface area (Å²) in [6.07, 6.45) is -4.70. The number of hydrogen-bond acceptors (Lipinski definition) is 2. The molecule has 0 aromatic heterocycles.